The van der Waals surface area contributed by atoms with Crippen molar-refractivity contribution in [2.45, 2.75) is 110 Å². The molecule has 0 spiro atoms. The van der Waals surface area contributed by atoms with Crippen molar-refractivity contribution in [3.63, 3.8) is 0 Å². The summed E-state index contributed by atoms with van der Waals surface area (Å²) >= 11 is 2.95. The number of nitrogens with zero attached hydrogens (tertiary/aromatic N) is 9. The quantitative estimate of drug-likeness (QED) is 0.0626. The molecule has 23 heteroatoms. The molecule has 418 valence electrons. The van der Waals surface area contributed by atoms with Crippen LogP contribution in [0.25, 0.3) is 43.0 Å². The third-order valence-electron chi connectivity index (χ3n) is 14.7. The Bertz CT molecular complexity index is 3360. The lowest BCUT2D eigenvalue weighted by atomic mass is 9.85. The molecular weight excluding hydrogens is 1060 g/mol. The molecule has 7 heterocycles. The smallest absolute Gasteiger partial charge is 0.411 e. The van der Waals surface area contributed by atoms with E-state index in [1.807, 2.05) is 93.6 Å². The fourth-order valence-corrected chi connectivity index (χ4v) is 11.9. The van der Waals surface area contributed by atoms with Crippen LogP contribution in [-0.4, -0.2) is 138 Å². The van der Waals surface area contributed by atoms with Gasteiger partial charge in [-0.15, -0.1) is 11.3 Å². The van der Waals surface area contributed by atoms with Crippen molar-refractivity contribution in [1.29, 1.82) is 0 Å². The summed E-state index contributed by atoms with van der Waals surface area (Å²) in [5.74, 6) is -0.722. The number of thiazole rings is 2. The van der Waals surface area contributed by atoms with E-state index in [4.69, 9.17) is 9.26 Å². The van der Waals surface area contributed by atoms with Crippen LogP contribution in [0.3, 0.4) is 0 Å². The van der Waals surface area contributed by atoms with Crippen LogP contribution in [0, 0.1) is 19.3 Å². The van der Waals surface area contributed by atoms with Gasteiger partial charge in [-0.05, 0) is 79.8 Å². The number of aryl methyl sites for hydroxylation is 2. The van der Waals surface area contributed by atoms with Crippen LogP contribution >= 0.6 is 22.7 Å². The Morgan fingerprint density at radius 3 is 2.29 bits per heavy atom. The van der Waals surface area contributed by atoms with Gasteiger partial charge in [-0.25, -0.2) is 24.7 Å². The Kier molecular flexibility index (Phi) is 16.9. The molecule has 2 aliphatic heterocycles. The fourth-order valence-electron chi connectivity index (χ4n) is 10.2. The summed E-state index contributed by atoms with van der Waals surface area (Å²) in [5.41, 5.74) is 8.70. The van der Waals surface area contributed by atoms with Crippen LogP contribution in [0.1, 0.15) is 82.0 Å². The molecule has 10 rings (SSSR count). The molecule has 1 aliphatic carbocycles. The van der Waals surface area contributed by atoms with E-state index in [1.165, 1.54) is 22.7 Å². The van der Waals surface area contributed by atoms with E-state index in [0.29, 0.717) is 59.9 Å². The van der Waals surface area contributed by atoms with Gasteiger partial charge < -0.3 is 40.1 Å². The number of carbonyl (C=O) groups is 5. The number of carbonyl (C=O) groups excluding carboxylic acids is 5. The van der Waals surface area contributed by atoms with Crippen molar-refractivity contribution < 1.29 is 38.3 Å². The summed E-state index contributed by atoms with van der Waals surface area (Å²) in [4.78, 5) is 96.6. The van der Waals surface area contributed by atoms with Crippen molar-refractivity contribution in [3.05, 3.63) is 101 Å². The minimum Gasteiger partial charge on any atom is -0.446 e. The van der Waals surface area contributed by atoms with Crippen LogP contribution in [0.4, 0.5) is 21.6 Å². The molecule has 3 atom stereocenters. The molecule has 21 nitrogen and oxygen atoms in total. The number of ether oxygens (including phenoxy) is 1. The van der Waals surface area contributed by atoms with E-state index in [0.717, 1.165) is 68.7 Å². The summed E-state index contributed by atoms with van der Waals surface area (Å²) in [6.45, 7) is 12.1. The second-order valence-corrected chi connectivity index (χ2v) is 23.6. The number of hydrogen-bond donors (Lipinski definition) is 5. The first kappa shape index (κ1) is 55.6. The summed E-state index contributed by atoms with van der Waals surface area (Å²) in [6, 6.07) is 15.3. The molecule has 3 fully saturated rings. The van der Waals surface area contributed by atoms with Gasteiger partial charge in [-0.2, -0.15) is 0 Å². The number of nitrogens with one attached hydrogen (secondary N) is 4. The number of aliphatic hydroxyl groups excluding tert-OH is 1. The van der Waals surface area contributed by atoms with Gasteiger partial charge in [0.25, 0.3) is 0 Å². The Hall–Kier alpha value is -7.73. The maximum absolute atomic E-state index is 14.2. The highest BCUT2D eigenvalue weighted by atomic mass is 32.1. The lowest BCUT2D eigenvalue weighted by Gasteiger charge is -2.35. The van der Waals surface area contributed by atoms with Crippen LogP contribution in [-0.2, 0) is 36.9 Å². The number of amides is 5. The summed E-state index contributed by atoms with van der Waals surface area (Å²) in [5, 5.41) is 27.0. The van der Waals surface area contributed by atoms with Crippen molar-refractivity contribution in [2.75, 3.05) is 54.8 Å². The Labute approximate surface area is 471 Å². The van der Waals surface area contributed by atoms with E-state index < -0.39 is 41.5 Å². The molecule has 0 bridgehead atoms. The predicted molar refractivity (Wildman–Crippen MR) is 305 cm³/mol. The second kappa shape index (κ2) is 24.3. The Balaban J connectivity index is 0.674. The number of fused-ring (bicyclic) bond motifs is 1. The normalized spacial score (nSPS) is 17.5. The number of aromatic nitrogens is 6. The van der Waals surface area contributed by atoms with E-state index in [1.54, 1.807) is 36.0 Å². The predicted octanol–water partition coefficient (Wildman–Crippen LogP) is 7.54. The molecule has 7 aromatic rings. The molecule has 80 heavy (non-hydrogen) atoms. The van der Waals surface area contributed by atoms with Crippen LogP contribution in [0.2, 0.25) is 0 Å². The summed E-state index contributed by atoms with van der Waals surface area (Å²) in [6.07, 6.45) is 8.58. The highest BCUT2D eigenvalue weighted by Gasteiger charge is 2.44. The van der Waals surface area contributed by atoms with Gasteiger partial charge >= 0.3 is 6.09 Å². The summed E-state index contributed by atoms with van der Waals surface area (Å²) < 4.78 is 12.1. The number of anilines is 3. The van der Waals surface area contributed by atoms with Crippen LogP contribution < -0.4 is 26.2 Å². The number of β-amino-alcohol motifs (C(OH)–C–C–N with tert-alkyl or cyclic N) is 1. The molecular formula is C57H65N13O8S2. The average molecular weight is 1120 g/mol. The van der Waals surface area contributed by atoms with Crippen LogP contribution in [0.15, 0.2) is 83.2 Å². The topological polar surface area (TPSA) is 263 Å². The van der Waals surface area contributed by atoms with Gasteiger partial charge in [-0.1, -0.05) is 74.0 Å². The van der Waals surface area contributed by atoms with Crippen LogP contribution in [0.5, 0.6) is 0 Å². The van der Waals surface area contributed by atoms with Crippen molar-refractivity contribution in [3.8, 4) is 32.8 Å². The molecule has 3 aliphatic rings. The second-order valence-electron chi connectivity index (χ2n) is 21.7. The first-order chi connectivity index (χ1) is 38.5. The Morgan fingerprint density at radius 2 is 1.56 bits per heavy atom. The average Bonchev–Trinajstić information content (AvgIpc) is 4.32. The van der Waals surface area contributed by atoms with E-state index >= 15 is 0 Å². The SMILES string of the molecule is Cc1ncc(-c2ccc3nc(NC(=O)CN4CCN(c5ncc(-c6cc(CC(=O)N[C@H](C(=O)N7C[C@H](O)C[C@H]7C(=O)NCc7ccc(-c8scnc8C)cc7)C(C)(C)C)on6)cn5)CC4)sc3c2)cc1NC(=O)OC1CCCCC1. The molecule has 0 unspecified atom stereocenters. The summed E-state index contributed by atoms with van der Waals surface area (Å²) in [7, 11) is 0. The third-order valence-corrected chi connectivity index (χ3v) is 16.6. The lowest BCUT2D eigenvalue weighted by molar-refractivity contribution is -0.144. The van der Waals surface area contributed by atoms with E-state index in [-0.39, 0.29) is 56.2 Å². The van der Waals surface area contributed by atoms with Gasteiger partial charge in [-0.3, -0.25) is 34.4 Å². The lowest BCUT2D eigenvalue weighted by Crippen LogP contribution is -2.58. The molecule has 2 saturated heterocycles. The number of likely N-dealkylation sites (tertiary alicyclic amines) is 1. The highest BCUT2D eigenvalue weighted by molar-refractivity contribution is 7.22. The highest BCUT2D eigenvalue weighted by Crippen LogP contribution is 2.33. The number of aliphatic hydroxyl groups is 1. The first-order valence-corrected chi connectivity index (χ1v) is 28.6. The van der Waals surface area contributed by atoms with Gasteiger partial charge in [0.1, 0.15) is 29.6 Å². The van der Waals surface area contributed by atoms with Gasteiger partial charge in [0.15, 0.2) is 5.13 Å². The minimum atomic E-state index is -1.02. The standard InChI is InChI=1S/C57H65N13O8S2/c1-33-44(64-56(76)77-41-9-7-6-8-10-41)21-38(27-58-33)37-15-16-43-47(22-37)80-55(63-43)66-49(73)31-68-17-19-69(20-18-68)54-60-28-39(29-61-54)45-24-42(78-67-45)25-48(72)65-51(57(3,4)5)53(75)70-30-40(71)23-46(70)52(74)59-26-35-11-13-36(14-12-35)50-34(2)62-32-79-50/h11-16,21-22,24,27-29,32,40-41,46,51,71H,6-10,17-20,23,25-26,30-31H2,1-5H3,(H,59,74)(H,64,76)(H,65,72)(H,63,66,73)/t40-,46+,51-/m1/s1. The van der Waals surface area contributed by atoms with Gasteiger partial charge in [0.2, 0.25) is 29.6 Å². The molecule has 5 N–H and O–H groups in total. The molecule has 5 aromatic heterocycles. The van der Waals surface area contributed by atoms with Crippen molar-refractivity contribution in [2.24, 2.45) is 5.41 Å². The number of benzene rings is 2. The van der Waals surface area contributed by atoms with E-state index in [9.17, 15) is 29.1 Å². The monoisotopic (exact) mass is 1120 g/mol. The number of rotatable bonds is 16. The zero-order valence-electron chi connectivity index (χ0n) is 45.4. The first-order valence-electron chi connectivity index (χ1n) is 26.9. The molecule has 2 aromatic carbocycles. The fraction of sp³-hybridized carbons (Fsp3) is 0.421. The van der Waals surface area contributed by atoms with E-state index in [2.05, 4.69) is 56.2 Å². The third kappa shape index (κ3) is 13.5. The number of pyridine rings is 1. The van der Waals surface area contributed by atoms with Crippen molar-refractivity contribution in [1.82, 2.24) is 50.5 Å². The maximum atomic E-state index is 14.2. The van der Waals surface area contributed by atoms with Gasteiger partial charge in [0, 0.05) is 81.5 Å². The molecule has 0 radical (unpaired) electrons. The van der Waals surface area contributed by atoms with Gasteiger partial charge in [0.05, 0.1) is 56.7 Å². The molecule has 1 saturated carbocycles. The zero-order chi connectivity index (χ0) is 56.1. The van der Waals surface area contributed by atoms with Crippen molar-refractivity contribution >= 4 is 79.4 Å². The largest absolute Gasteiger partial charge is 0.446 e. The Morgan fingerprint density at radius 1 is 0.825 bits per heavy atom. The minimum absolute atomic E-state index is 0.0439. The number of piperazine rings is 1. The zero-order valence-corrected chi connectivity index (χ0v) is 47.0. The molecule has 5 amide bonds. The number of hydrogen-bond acceptors (Lipinski definition) is 18. The maximum Gasteiger partial charge on any atom is 0.411 e.